The summed E-state index contributed by atoms with van der Waals surface area (Å²) in [6.45, 7) is 10.1. The molecule has 0 aliphatic carbocycles. The van der Waals surface area contributed by atoms with Crippen molar-refractivity contribution in [3.63, 3.8) is 0 Å². The fourth-order valence-corrected chi connectivity index (χ4v) is 2.07. The van der Waals surface area contributed by atoms with E-state index in [1.54, 1.807) is 0 Å². The van der Waals surface area contributed by atoms with Crippen molar-refractivity contribution >= 4 is 5.91 Å². The Bertz CT molecular complexity index is 386. The zero-order chi connectivity index (χ0) is 13.5. The van der Waals surface area contributed by atoms with Crippen molar-refractivity contribution in [3.8, 4) is 0 Å². The van der Waals surface area contributed by atoms with Crippen LogP contribution in [0.3, 0.4) is 0 Å². The van der Waals surface area contributed by atoms with Crippen molar-refractivity contribution in [2.45, 2.75) is 46.5 Å². The summed E-state index contributed by atoms with van der Waals surface area (Å²) in [5.74, 6) is 0.670. The zero-order valence-corrected chi connectivity index (χ0v) is 12.1. The van der Waals surface area contributed by atoms with Crippen LogP contribution in [0.15, 0.2) is 24.3 Å². The third-order valence-corrected chi connectivity index (χ3v) is 3.48. The molecule has 1 amide bonds. The lowest BCUT2D eigenvalue weighted by Crippen LogP contribution is -2.31. The average Bonchev–Trinajstić information content (AvgIpc) is 2.43. The summed E-state index contributed by atoms with van der Waals surface area (Å²) in [5, 5.41) is 0. The Kier molecular flexibility index (Phi) is 5.90. The van der Waals surface area contributed by atoms with Gasteiger partial charge in [0.25, 0.3) is 5.91 Å². The Labute approximate surface area is 111 Å². The molecule has 2 nitrogen and oxygen atoms in total. The molecule has 1 unspecified atom stereocenters. The smallest absolute Gasteiger partial charge is 0.253 e. The van der Waals surface area contributed by atoms with Crippen LogP contribution in [-0.4, -0.2) is 23.9 Å². The molecular weight excluding hydrogens is 222 g/mol. The second kappa shape index (κ2) is 7.20. The third-order valence-electron chi connectivity index (χ3n) is 3.48. The van der Waals surface area contributed by atoms with Crippen LogP contribution in [0.4, 0.5) is 0 Å². The molecule has 100 valence electrons. The average molecular weight is 247 g/mol. The quantitative estimate of drug-likeness (QED) is 0.742. The second-order valence-electron chi connectivity index (χ2n) is 4.82. The van der Waals surface area contributed by atoms with E-state index < -0.39 is 0 Å². The van der Waals surface area contributed by atoms with Gasteiger partial charge in [-0.2, -0.15) is 0 Å². The first-order chi connectivity index (χ1) is 8.63. The summed E-state index contributed by atoms with van der Waals surface area (Å²) in [7, 11) is 0. The predicted octanol–water partition coefficient (Wildman–Crippen LogP) is 4.07. The summed E-state index contributed by atoms with van der Waals surface area (Å²) in [6.07, 6.45) is 2.11. The molecule has 0 N–H and O–H groups in total. The topological polar surface area (TPSA) is 20.3 Å². The molecule has 1 aromatic carbocycles. The normalized spacial score (nSPS) is 12.2. The Morgan fingerprint density at radius 1 is 1.28 bits per heavy atom. The minimum Gasteiger partial charge on any atom is -0.339 e. The molecule has 18 heavy (non-hydrogen) atoms. The number of amides is 1. The van der Waals surface area contributed by atoms with Gasteiger partial charge in [-0.25, -0.2) is 0 Å². The van der Waals surface area contributed by atoms with E-state index in [1.165, 1.54) is 5.56 Å². The maximum atomic E-state index is 12.4. The molecule has 1 atom stereocenters. The molecule has 0 saturated carbocycles. The van der Waals surface area contributed by atoms with Gasteiger partial charge in [-0.3, -0.25) is 4.79 Å². The largest absolute Gasteiger partial charge is 0.339 e. The Hall–Kier alpha value is -1.31. The van der Waals surface area contributed by atoms with E-state index in [0.29, 0.717) is 5.92 Å². The van der Waals surface area contributed by atoms with Gasteiger partial charge in [0.05, 0.1) is 0 Å². The van der Waals surface area contributed by atoms with Gasteiger partial charge in [-0.15, -0.1) is 0 Å². The molecule has 0 spiro atoms. The van der Waals surface area contributed by atoms with Crippen LogP contribution in [0.5, 0.6) is 0 Å². The summed E-state index contributed by atoms with van der Waals surface area (Å²) in [5.41, 5.74) is 2.08. The highest BCUT2D eigenvalue weighted by Crippen LogP contribution is 2.20. The first kappa shape index (κ1) is 14.7. The third kappa shape index (κ3) is 3.59. The number of carbonyl (C=O) groups excluding carboxylic acids is 1. The van der Waals surface area contributed by atoms with Gasteiger partial charge in [0.2, 0.25) is 0 Å². The molecular formula is C16H25NO. The van der Waals surface area contributed by atoms with Crippen molar-refractivity contribution in [2.75, 3.05) is 13.1 Å². The van der Waals surface area contributed by atoms with Crippen LogP contribution in [-0.2, 0) is 0 Å². The summed E-state index contributed by atoms with van der Waals surface area (Å²) in [4.78, 5) is 14.3. The second-order valence-corrected chi connectivity index (χ2v) is 4.82. The number of nitrogens with zero attached hydrogens (tertiary/aromatic N) is 1. The molecule has 1 aromatic rings. The SMILES string of the molecule is CCCN(CC)C(=O)c1cccc(C(C)CC)c1. The van der Waals surface area contributed by atoms with Gasteiger partial charge in [-0.1, -0.05) is 32.9 Å². The van der Waals surface area contributed by atoms with Gasteiger partial charge in [-0.05, 0) is 43.4 Å². The zero-order valence-electron chi connectivity index (χ0n) is 12.1. The molecule has 0 heterocycles. The van der Waals surface area contributed by atoms with Crippen molar-refractivity contribution in [3.05, 3.63) is 35.4 Å². The van der Waals surface area contributed by atoms with E-state index in [-0.39, 0.29) is 5.91 Å². The molecule has 2 heteroatoms. The van der Waals surface area contributed by atoms with Gasteiger partial charge in [0.15, 0.2) is 0 Å². The van der Waals surface area contributed by atoms with Crippen molar-refractivity contribution in [1.29, 1.82) is 0 Å². The monoisotopic (exact) mass is 247 g/mol. The Morgan fingerprint density at radius 2 is 2.00 bits per heavy atom. The van der Waals surface area contributed by atoms with Gasteiger partial charge < -0.3 is 4.90 Å². The molecule has 0 saturated heterocycles. The lowest BCUT2D eigenvalue weighted by molar-refractivity contribution is 0.0764. The van der Waals surface area contributed by atoms with Gasteiger partial charge >= 0.3 is 0 Å². The van der Waals surface area contributed by atoms with Crippen LogP contribution in [0.1, 0.15) is 62.4 Å². The number of hydrogen-bond donors (Lipinski definition) is 0. The van der Waals surface area contributed by atoms with Crippen LogP contribution >= 0.6 is 0 Å². The molecule has 0 bridgehead atoms. The fraction of sp³-hybridized carbons (Fsp3) is 0.562. The lowest BCUT2D eigenvalue weighted by Gasteiger charge is -2.20. The summed E-state index contributed by atoms with van der Waals surface area (Å²) >= 11 is 0. The highest BCUT2D eigenvalue weighted by atomic mass is 16.2. The fourth-order valence-electron chi connectivity index (χ4n) is 2.07. The first-order valence-electron chi connectivity index (χ1n) is 7.03. The standard InChI is InChI=1S/C16H25NO/c1-5-11-17(7-3)16(18)15-10-8-9-14(12-15)13(4)6-2/h8-10,12-13H,5-7,11H2,1-4H3. The lowest BCUT2D eigenvalue weighted by atomic mass is 9.96. The molecule has 1 rings (SSSR count). The summed E-state index contributed by atoms with van der Waals surface area (Å²) < 4.78 is 0. The molecule has 0 radical (unpaired) electrons. The summed E-state index contributed by atoms with van der Waals surface area (Å²) in [6, 6.07) is 8.08. The molecule has 0 aliphatic rings. The maximum absolute atomic E-state index is 12.4. The van der Waals surface area contributed by atoms with Crippen molar-refractivity contribution < 1.29 is 4.79 Å². The molecule has 0 fully saturated rings. The predicted molar refractivity (Wildman–Crippen MR) is 77.0 cm³/mol. The first-order valence-corrected chi connectivity index (χ1v) is 7.03. The van der Waals surface area contributed by atoms with E-state index in [0.717, 1.165) is 31.5 Å². The van der Waals surface area contributed by atoms with Crippen LogP contribution in [0, 0.1) is 0 Å². The highest BCUT2D eigenvalue weighted by Gasteiger charge is 2.14. The Morgan fingerprint density at radius 3 is 2.56 bits per heavy atom. The minimum atomic E-state index is 0.157. The van der Waals surface area contributed by atoms with E-state index >= 15 is 0 Å². The highest BCUT2D eigenvalue weighted by molar-refractivity contribution is 5.94. The van der Waals surface area contributed by atoms with E-state index in [1.807, 2.05) is 24.0 Å². The number of rotatable bonds is 6. The van der Waals surface area contributed by atoms with Crippen LogP contribution < -0.4 is 0 Å². The van der Waals surface area contributed by atoms with E-state index in [4.69, 9.17) is 0 Å². The van der Waals surface area contributed by atoms with Crippen LogP contribution in [0.2, 0.25) is 0 Å². The molecule has 0 aromatic heterocycles. The number of hydrogen-bond acceptors (Lipinski definition) is 1. The van der Waals surface area contributed by atoms with E-state index in [9.17, 15) is 4.79 Å². The van der Waals surface area contributed by atoms with Crippen molar-refractivity contribution in [1.82, 2.24) is 4.90 Å². The van der Waals surface area contributed by atoms with E-state index in [2.05, 4.69) is 32.9 Å². The maximum Gasteiger partial charge on any atom is 0.253 e. The number of benzene rings is 1. The van der Waals surface area contributed by atoms with Gasteiger partial charge in [0.1, 0.15) is 0 Å². The van der Waals surface area contributed by atoms with Crippen molar-refractivity contribution in [2.24, 2.45) is 0 Å². The van der Waals surface area contributed by atoms with Crippen LogP contribution in [0.25, 0.3) is 0 Å². The number of carbonyl (C=O) groups is 1. The molecule has 0 aliphatic heterocycles. The van der Waals surface area contributed by atoms with Gasteiger partial charge in [0, 0.05) is 18.7 Å². The minimum absolute atomic E-state index is 0.157. The Balaban J connectivity index is 2.91.